The number of thiocarbonyl (C=S) groups is 1. The van der Waals surface area contributed by atoms with E-state index in [0.29, 0.717) is 12.2 Å². The van der Waals surface area contributed by atoms with Crippen molar-refractivity contribution in [1.82, 2.24) is 9.78 Å². The Balaban J connectivity index is 1.62. The van der Waals surface area contributed by atoms with E-state index in [9.17, 15) is 13.2 Å². The molecule has 0 fully saturated rings. The van der Waals surface area contributed by atoms with Crippen LogP contribution in [0.15, 0.2) is 60.9 Å². The zero-order valence-electron chi connectivity index (χ0n) is 14.4. The smallest absolute Gasteiger partial charge is 0.332 e. The molecule has 3 rings (SSSR count). The Morgan fingerprint density at radius 3 is 2.56 bits per heavy atom. The topological polar surface area (TPSA) is 41.9 Å². The van der Waals surface area contributed by atoms with E-state index in [1.165, 1.54) is 17.7 Å². The molecule has 0 bridgehead atoms. The number of alkyl halides is 3. The lowest BCUT2D eigenvalue weighted by Gasteiger charge is -2.11. The Kier molecular flexibility index (Phi) is 5.46. The van der Waals surface area contributed by atoms with Crippen molar-refractivity contribution in [2.24, 2.45) is 0 Å². The van der Waals surface area contributed by atoms with Crippen LogP contribution in [0.4, 0.5) is 24.5 Å². The van der Waals surface area contributed by atoms with Gasteiger partial charge in [-0.1, -0.05) is 30.3 Å². The first-order chi connectivity index (χ1) is 12.8. The largest absolute Gasteiger partial charge is 0.416 e. The van der Waals surface area contributed by atoms with Crippen LogP contribution in [-0.2, 0) is 12.7 Å². The molecule has 0 aliphatic heterocycles. The van der Waals surface area contributed by atoms with Gasteiger partial charge in [0.2, 0.25) is 0 Å². The maximum absolute atomic E-state index is 12.8. The van der Waals surface area contributed by atoms with E-state index in [4.69, 9.17) is 12.2 Å². The fourth-order valence-corrected chi connectivity index (χ4v) is 2.78. The average molecular weight is 390 g/mol. The highest BCUT2D eigenvalue weighted by atomic mass is 32.1. The van der Waals surface area contributed by atoms with E-state index >= 15 is 0 Å². The number of hydrogen-bond donors (Lipinski definition) is 2. The van der Waals surface area contributed by atoms with Crippen molar-refractivity contribution in [2.75, 3.05) is 10.6 Å². The summed E-state index contributed by atoms with van der Waals surface area (Å²) in [7, 11) is 0. The molecule has 0 aliphatic carbocycles. The number of anilines is 2. The van der Waals surface area contributed by atoms with Gasteiger partial charge in [-0.25, -0.2) is 0 Å². The van der Waals surface area contributed by atoms with Gasteiger partial charge < -0.3 is 10.6 Å². The molecule has 1 aromatic heterocycles. The molecular weight excluding hydrogens is 373 g/mol. The second-order valence-electron chi connectivity index (χ2n) is 6.01. The molecule has 0 saturated heterocycles. The molecule has 2 aromatic carbocycles. The third kappa shape index (κ3) is 5.07. The highest BCUT2D eigenvalue weighted by Gasteiger charge is 2.30. The maximum atomic E-state index is 12.8. The molecule has 0 spiro atoms. The van der Waals surface area contributed by atoms with Crippen LogP contribution in [0.2, 0.25) is 0 Å². The van der Waals surface area contributed by atoms with Gasteiger partial charge in [-0.2, -0.15) is 18.3 Å². The highest BCUT2D eigenvalue weighted by Crippen LogP contribution is 2.30. The molecule has 27 heavy (non-hydrogen) atoms. The van der Waals surface area contributed by atoms with Crippen LogP contribution < -0.4 is 10.6 Å². The van der Waals surface area contributed by atoms with E-state index in [-0.39, 0.29) is 10.8 Å². The van der Waals surface area contributed by atoms with Crippen molar-refractivity contribution >= 4 is 28.7 Å². The van der Waals surface area contributed by atoms with Crippen molar-refractivity contribution in [3.63, 3.8) is 0 Å². The summed E-state index contributed by atoms with van der Waals surface area (Å²) < 4.78 is 40.1. The van der Waals surface area contributed by atoms with Gasteiger partial charge in [-0.05, 0) is 48.5 Å². The van der Waals surface area contributed by atoms with Gasteiger partial charge in [0, 0.05) is 11.9 Å². The van der Waals surface area contributed by atoms with E-state index in [1.807, 2.05) is 31.2 Å². The third-order valence-electron chi connectivity index (χ3n) is 3.93. The number of nitrogens with zero attached hydrogens (tertiary/aromatic N) is 2. The maximum Gasteiger partial charge on any atom is 0.416 e. The van der Waals surface area contributed by atoms with Crippen molar-refractivity contribution in [2.45, 2.75) is 19.6 Å². The predicted molar refractivity (Wildman–Crippen MR) is 104 cm³/mol. The van der Waals surface area contributed by atoms with Gasteiger partial charge in [-0.3, -0.25) is 4.68 Å². The summed E-state index contributed by atoms with van der Waals surface area (Å²) in [5, 5.41) is 10.1. The van der Waals surface area contributed by atoms with Gasteiger partial charge in [-0.15, -0.1) is 0 Å². The minimum absolute atomic E-state index is 0.185. The van der Waals surface area contributed by atoms with Crippen LogP contribution >= 0.6 is 12.2 Å². The lowest BCUT2D eigenvalue weighted by atomic mass is 10.1. The number of aryl methyl sites for hydroxylation is 1. The molecule has 2 N–H and O–H groups in total. The third-order valence-corrected chi connectivity index (χ3v) is 4.14. The monoisotopic (exact) mass is 390 g/mol. The van der Waals surface area contributed by atoms with Gasteiger partial charge in [0.15, 0.2) is 5.11 Å². The summed E-state index contributed by atoms with van der Waals surface area (Å²) in [5.74, 6) is 0. The second kappa shape index (κ2) is 7.79. The van der Waals surface area contributed by atoms with Gasteiger partial charge in [0.05, 0.1) is 24.0 Å². The van der Waals surface area contributed by atoms with Crippen LogP contribution in [-0.4, -0.2) is 14.9 Å². The molecular formula is C19H17F3N4S. The van der Waals surface area contributed by atoms with E-state index in [2.05, 4.69) is 15.7 Å². The number of benzene rings is 2. The molecule has 3 aromatic rings. The molecule has 0 radical (unpaired) electrons. The summed E-state index contributed by atoms with van der Waals surface area (Å²) in [6.07, 6.45) is -1.01. The molecule has 0 saturated carbocycles. The minimum atomic E-state index is -4.40. The summed E-state index contributed by atoms with van der Waals surface area (Å²) in [6, 6.07) is 12.9. The first-order valence-corrected chi connectivity index (χ1v) is 8.54. The fraction of sp³-hybridized carbons (Fsp3) is 0.158. The van der Waals surface area contributed by atoms with E-state index < -0.39 is 11.7 Å². The normalized spacial score (nSPS) is 11.3. The summed E-state index contributed by atoms with van der Waals surface area (Å²) in [6.45, 7) is 2.65. The number of halogens is 3. The van der Waals surface area contributed by atoms with Crippen LogP contribution in [0.3, 0.4) is 0 Å². The molecule has 1 heterocycles. The van der Waals surface area contributed by atoms with Gasteiger partial charge >= 0.3 is 6.18 Å². The number of rotatable bonds is 4. The molecule has 140 valence electrons. The Hall–Kier alpha value is -2.87. The number of aromatic nitrogens is 2. The SMILES string of the molecule is Cc1ccccc1Cn1cc(NC(=S)Nc2cccc(C(F)(F)F)c2)cn1. The standard InChI is InChI=1S/C19H17F3N4S/c1-13-5-2-3-6-14(13)11-26-12-17(10-23-26)25-18(27)24-16-8-4-7-15(9-16)19(20,21)22/h2-10,12H,11H2,1H3,(H2,24,25,27). The Bertz CT molecular complexity index is 950. The molecule has 4 nitrogen and oxygen atoms in total. The molecule has 0 amide bonds. The van der Waals surface area contributed by atoms with Crippen molar-refractivity contribution in [1.29, 1.82) is 0 Å². The molecule has 0 unspecified atom stereocenters. The number of hydrogen-bond acceptors (Lipinski definition) is 2. The first-order valence-electron chi connectivity index (χ1n) is 8.13. The molecule has 8 heteroatoms. The van der Waals surface area contributed by atoms with Crippen LogP contribution in [0.5, 0.6) is 0 Å². The Morgan fingerprint density at radius 1 is 1.07 bits per heavy atom. The van der Waals surface area contributed by atoms with Crippen LogP contribution in [0.25, 0.3) is 0 Å². The Labute approximate surface area is 160 Å². The van der Waals surface area contributed by atoms with E-state index in [0.717, 1.165) is 17.7 Å². The molecule has 0 aliphatic rings. The second-order valence-corrected chi connectivity index (χ2v) is 6.42. The van der Waals surface area contributed by atoms with Crippen molar-refractivity contribution in [3.8, 4) is 0 Å². The first kappa shape index (κ1) is 18.9. The summed E-state index contributed by atoms with van der Waals surface area (Å²) in [5.41, 5.74) is 2.49. The summed E-state index contributed by atoms with van der Waals surface area (Å²) in [4.78, 5) is 0. The minimum Gasteiger partial charge on any atom is -0.332 e. The lowest BCUT2D eigenvalue weighted by molar-refractivity contribution is -0.137. The van der Waals surface area contributed by atoms with Crippen molar-refractivity contribution in [3.05, 3.63) is 77.6 Å². The predicted octanol–water partition coefficient (Wildman–Crippen LogP) is 5.07. The van der Waals surface area contributed by atoms with Crippen molar-refractivity contribution < 1.29 is 13.2 Å². The highest BCUT2D eigenvalue weighted by molar-refractivity contribution is 7.80. The van der Waals surface area contributed by atoms with Crippen LogP contribution in [0, 0.1) is 6.92 Å². The average Bonchev–Trinajstić information content (AvgIpc) is 3.03. The van der Waals surface area contributed by atoms with E-state index in [1.54, 1.807) is 17.1 Å². The molecule has 0 atom stereocenters. The lowest BCUT2D eigenvalue weighted by Crippen LogP contribution is -2.19. The van der Waals surface area contributed by atoms with Gasteiger partial charge in [0.25, 0.3) is 0 Å². The fourth-order valence-electron chi connectivity index (χ4n) is 2.54. The quantitative estimate of drug-likeness (QED) is 0.611. The van der Waals surface area contributed by atoms with Crippen LogP contribution in [0.1, 0.15) is 16.7 Å². The zero-order chi connectivity index (χ0) is 19.4. The Morgan fingerprint density at radius 2 is 1.81 bits per heavy atom. The summed E-state index contributed by atoms with van der Waals surface area (Å²) >= 11 is 5.17. The van der Waals surface area contributed by atoms with Gasteiger partial charge in [0.1, 0.15) is 0 Å². The number of nitrogens with one attached hydrogen (secondary N) is 2. The zero-order valence-corrected chi connectivity index (χ0v) is 15.2.